The van der Waals surface area contributed by atoms with E-state index in [9.17, 15) is 19.1 Å². The first kappa shape index (κ1) is 11.8. The summed E-state index contributed by atoms with van der Waals surface area (Å²) >= 11 is 0. The number of carbonyl (C=O) groups excluding carboxylic acids is 1. The summed E-state index contributed by atoms with van der Waals surface area (Å²) in [5, 5.41) is 11.9. The second-order valence-electron chi connectivity index (χ2n) is 3.56. The minimum absolute atomic E-state index is 0.0704. The Morgan fingerprint density at radius 2 is 1.94 bits per heavy atom. The van der Waals surface area contributed by atoms with Gasteiger partial charge in [0.2, 0.25) is 0 Å². The van der Waals surface area contributed by atoms with Crippen molar-refractivity contribution in [3.8, 4) is 5.75 Å². The standard InChI is InChI=1S/C12H9FN2O3/c13-7-1-3-8(4-2-7)15-12(18)9-6-14-11(17)5-10(9)16/h1-6H,(H,15,18)(H2,14,16,17). The average Bonchev–Trinajstić information content (AvgIpc) is 2.32. The summed E-state index contributed by atoms with van der Waals surface area (Å²) in [6, 6.07) is 6.07. The first-order chi connectivity index (χ1) is 8.56. The topological polar surface area (TPSA) is 82.2 Å². The summed E-state index contributed by atoms with van der Waals surface area (Å²) in [4.78, 5) is 24.9. The monoisotopic (exact) mass is 248 g/mol. The number of hydrogen-bond donors (Lipinski definition) is 3. The Labute approximate surface area is 101 Å². The van der Waals surface area contributed by atoms with Crippen molar-refractivity contribution < 1.29 is 14.3 Å². The fourth-order valence-electron chi connectivity index (χ4n) is 1.37. The molecule has 0 aliphatic carbocycles. The van der Waals surface area contributed by atoms with Crippen molar-refractivity contribution in [2.75, 3.05) is 5.32 Å². The molecule has 0 spiro atoms. The number of nitrogens with one attached hydrogen (secondary N) is 2. The minimum Gasteiger partial charge on any atom is -0.507 e. The number of aromatic hydroxyl groups is 1. The number of benzene rings is 1. The number of aromatic amines is 1. The van der Waals surface area contributed by atoms with Crippen molar-refractivity contribution in [2.24, 2.45) is 0 Å². The van der Waals surface area contributed by atoms with Crippen LogP contribution >= 0.6 is 0 Å². The van der Waals surface area contributed by atoms with Crippen molar-refractivity contribution in [1.29, 1.82) is 0 Å². The van der Waals surface area contributed by atoms with Crippen molar-refractivity contribution >= 4 is 11.6 Å². The Morgan fingerprint density at radius 1 is 1.28 bits per heavy atom. The summed E-state index contributed by atoms with van der Waals surface area (Å²) in [5.41, 5.74) is -0.197. The zero-order valence-electron chi connectivity index (χ0n) is 9.11. The number of aromatic nitrogens is 1. The zero-order valence-corrected chi connectivity index (χ0v) is 9.11. The highest BCUT2D eigenvalue weighted by molar-refractivity contribution is 6.05. The molecule has 0 fully saturated rings. The Balaban J connectivity index is 2.22. The molecule has 0 aliphatic heterocycles. The molecule has 2 rings (SSSR count). The highest BCUT2D eigenvalue weighted by Gasteiger charge is 2.11. The number of anilines is 1. The van der Waals surface area contributed by atoms with E-state index in [0.717, 1.165) is 12.3 Å². The number of pyridine rings is 1. The lowest BCUT2D eigenvalue weighted by atomic mass is 10.2. The van der Waals surface area contributed by atoms with E-state index in [-0.39, 0.29) is 5.56 Å². The van der Waals surface area contributed by atoms with Gasteiger partial charge in [-0.05, 0) is 24.3 Å². The third kappa shape index (κ3) is 2.54. The van der Waals surface area contributed by atoms with Crippen LogP contribution in [0.25, 0.3) is 0 Å². The first-order valence-corrected chi connectivity index (χ1v) is 5.05. The van der Waals surface area contributed by atoms with Crippen LogP contribution in [0.1, 0.15) is 10.4 Å². The molecule has 92 valence electrons. The molecule has 0 aliphatic rings. The van der Waals surface area contributed by atoms with E-state index in [1.807, 2.05) is 0 Å². The number of amides is 1. The average molecular weight is 248 g/mol. The van der Waals surface area contributed by atoms with Crippen LogP contribution in [0.15, 0.2) is 41.3 Å². The molecule has 6 heteroatoms. The molecule has 18 heavy (non-hydrogen) atoms. The van der Waals surface area contributed by atoms with E-state index < -0.39 is 23.0 Å². The molecule has 1 aromatic heterocycles. The van der Waals surface area contributed by atoms with Crippen LogP contribution in [0.5, 0.6) is 5.75 Å². The van der Waals surface area contributed by atoms with Crippen molar-refractivity contribution in [2.45, 2.75) is 0 Å². The van der Waals surface area contributed by atoms with Gasteiger partial charge in [0.1, 0.15) is 11.6 Å². The molecule has 5 nitrogen and oxygen atoms in total. The van der Waals surface area contributed by atoms with Gasteiger partial charge in [0.15, 0.2) is 0 Å². The molecule has 1 aromatic carbocycles. The zero-order chi connectivity index (χ0) is 13.1. The maximum absolute atomic E-state index is 12.7. The van der Waals surface area contributed by atoms with Gasteiger partial charge in [-0.1, -0.05) is 0 Å². The highest BCUT2D eigenvalue weighted by atomic mass is 19.1. The summed E-state index contributed by atoms with van der Waals surface area (Å²) in [6.07, 6.45) is 1.11. The number of carbonyl (C=O) groups is 1. The normalized spacial score (nSPS) is 10.1. The highest BCUT2D eigenvalue weighted by Crippen LogP contribution is 2.15. The van der Waals surface area contributed by atoms with Gasteiger partial charge in [-0.2, -0.15) is 0 Å². The van der Waals surface area contributed by atoms with Crippen molar-refractivity contribution in [1.82, 2.24) is 4.98 Å². The first-order valence-electron chi connectivity index (χ1n) is 5.05. The number of H-pyrrole nitrogens is 1. The number of hydrogen-bond acceptors (Lipinski definition) is 3. The molecule has 1 heterocycles. The van der Waals surface area contributed by atoms with E-state index >= 15 is 0 Å². The molecule has 3 N–H and O–H groups in total. The summed E-state index contributed by atoms with van der Waals surface area (Å²) in [5.74, 6) is -1.44. The fourth-order valence-corrected chi connectivity index (χ4v) is 1.37. The van der Waals surface area contributed by atoms with Crippen molar-refractivity contribution in [3.05, 3.63) is 58.3 Å². The summed E-state index contributed by atoms with van der Waals surface area (Å²) < 4.78 is 12.7. The van der Waals surface area contributed by atoms with Gasteiger partial charge < -0.3 is 15.4 Å². The predicted octanol–water partition coefficient (Wildman–Crippen LogP) is 1.47. The van der Waals surface area contributed by atoms with Gasteiger partial charge in [0, 0.05) is 18.0 Å². The fraction of sp³-hybridized carbons (Fsp3) is 0. The molecule has 0 bridgehead atoms. The van der Waals surface area contributed by atoms with E-state index in [1.165, 1.54) is 24.3 Å². The van der Waals surface area contributed by atoms with Crippen LogP contribution in [0.2, 0.25) is 0 Å². The molecule has 1 amide bonds. The summed E-state index contributed by atoms with van der Waals surface area (Å²) in [7, 11) is 0. The lowest BCUT2D eigenvalue weighted by Gasteiger charge is -2.06. The molecule has 0 atom stereocenters. The van der Waals surface area contributed by atoms with E-state index in [2.05, 4.69) is 10.3 Å². The Morgan fingerprint density at radius 3 is 2.56 bits per heavy atom. The Kier molecular flexibility index (Phi) is 3.09. The van der Waals surface area contributed by atoms with Crippen LogP contribution in [-0.4, -0.2) is 16.0 Å². The number of rotatable bonds is 2. The van der Waals surface area contributed by atoms with Crippen LogP contribution in [0.3, 0.4) is 0 Å². The predicted molar refractivity (Wildman–Crippen MR) is 63.1 cm³/mol. The van der Waals surface area contributed by atoms with Crippen LogP contribution in [-0.2, 0) is 0 Å². The summed E-state index contributed by atoms with van der Waals surface area (Å²) in [6.45, 7) is 0. The van der Waals surface area contributed by atoms with E-state index in [1.54, 1.807) is 0 Å². The SMILES string of the molecule is O=C(Nc1ccc(F)cc1)c1c[nH]c(=O)cc1O. The smallest absolute Gasteiger partial charge is 0.260 e. The molecule has 0 saturated carbocycles. The number of halogens is 1. The van der Waals surface area contributed by atoms with Gasteiger partial charge in [-0.3, -0.25) is 9.59 Å². The lowest BCUT2D eigenvalue weighted by Crippen LogP contribution is -2.15. The van der Waals surface area contributed by atoms with Crippen molar-refractivity contribution in [3.63, 3.8) is 0 Å². The quantitative estimate of drug-likeness (QED) is 0.752. The second kappa shape index (κ2) is 4.70. The second-order valence-corrected chi connectivity index (χ2v) is 3.56. The molecule has 0 radical (unpaired) electrons. The van der Waals surface area contributed by atoms with Gasteiger partial charge in [0.25, 0.3) is 11.5 Å². The third-order valence-electron chi connectivity index (χ3n) is 2.25. The molecular formula is C12H9FN2O3. The van der Waals surface area contributed by atoms with Gasteiger partial charge in [0.05, 0.1) is 5.56 Å². The largest absolute Gasteiger partial charge is 0.507 e. The van der Waals surface area contributed by atoms with E-state index in [0.29, 0.717) is 5.69 Å². The van der Waals surface area contributed by atoms with E-state index in [4.69, 9.17) is 0 Å². The molecular weight excluding hydrogens is 239 g/mol. The molecule has 0 unspecified atom stereocenters. The Bertz CT molecular complexity index is 635. The minimum atomic E-state index is -0.602. The van der Waals surface area contributed by atoms with Crippen LogP contribution < -0.4 is 10.9 Å². The van der Waals surface area contributed by atoms with Crippen LogP contribution in [0, 0.1) is 5.82 Å². The Hall–Kier alpha value is -2.63. The lowest BCUT2D eigenvalue weighted by molar-refractivity contribution is 0.102. The van der Waals surface area contributed by atoms with Gasteiger partial charge in [-0.15, -0.1) is 0 Å². The van der Waals surface area contributed by atoms with Gasteiger partial charge in [-0.25, -0.2) is 4.39 Å². The van der Waals surface area contributed by atoms with Crippen LogP contribution in [0.4, 0.5) is 10.1 Å². The molecule has 2 aromatic rings. The molecule has 0 saturated heterocycles. The maximum Gasteiger partial charge on any atom is 0.260 e. The van der Waals surface area contributed by atoms with Gasteiger partial charge >= 0.3 is 0 Å². The third-order valence-corrected chi connectivity index (χ3v) is 2.25. The maximum atomic E-state index is 12.7.